The van der Waals surface area contributed by atoms with Crippen LogP contribution >= 0.6 is 0 Å². The lowest BCUT2D eigenvalue weighted by atomic mass is 10.2. The van der Waals surface area contributed by atoms with Gasteiger partial charge in [-0.15, -0.1) is 0 Å². The topological polar surface area (TPSA) is 80.7 Å². The highest BCUT2D eigenvalue weighted by atomic mass is 19.1. The maximum absolute atomic E-state index is 13.1. The van der Waals surface area contributed by atoms with Crippen LogP contribution in [0.15, 0.2) is 41.7 Å². The molecule has 0 atom stereocenters. The van der Waals surface area contributed by atoms with Crippen LogP contribution in [0, 0.1) is 12.7 Å². The number of hydrogen-bond acceptors (Lipinski definition) is 4. The number of pyridine rings is 1. The second-order valence-electron chi connectivity index (χ2n) is 3.87. The first-order valence-corrected chi connectivity index (χ1v) is 5.48. The molecule has 0 aliphatic rings. The first-order chi connectivity index (χ1) is 9.10. The fraction of sp³-hybridized carbons (Fsp3) is 0.0769. The Morgan fingerprint density at radius 3 is 2.89 bits per heavy atom. The van der Waals surface area contributed by atoms with Gasteiger partial charge >= 0.3 is 0 Å². The van der Waals surface area contributed by atoms with Crippen molar-refractivity contribution in [2.45, 2.75) is 6.92 Å². The van der Waals surface area contributed by atoms with E-state index < -0.39 is 0 Å². The summed E-state index contributed by atoms with van der Waals surface area (Å²) >= 11 is 0. The lowest BCUT2D eigenvalue weighted by Crippen LogP contribution is -2.14. The number of rotatable bonds is 3. The minimum Gasteiger partial charge on any atom is -0.457 e. The zero-order chi connectivity index (χ0) is 13.8. The number of ether oxygens (including phenoxy) is 1. The second-order valence-corrected chi connectivity index (χ2v) is 3.87. The van der Waals surface area contributed by atoms with Crippen LogP contribution in [0.25, 0.3) is 0 Å². The third-order valence-electron chi connectivity index (χ3n) is 2.48. The molecule has 1 aromatic carbocycles. The number of halogens is 1. The fourth-order valence-electron chi connectivity index (χ4n) is 1.48. The fourth-order valence-corrected chi connectivity index (χ4v) is 1.48. The molecule has 0 saturated carbocycles. The van der Waals surface area contributed by atoms with Gasteiger partial charge in [0.15, 0.2) is 5.84 Å². The number of benzene rings is 1. The Kier molecular flexibility index (Phi) is 3.61. The van der Waals surface area contributed by atoms with E-state index in [9.17, 15) is 4.39 Å². The Bertz CT molecular complexity index is 629. The smallest absolute Gasteiger partial charge is 0.188 e. The predicted octanol–water partition coefficient (Wildman–Crippen LogP) is 2.42. The highest BCUT2D eigenvalue weighted by molar-refractivity contribution is 5.95. The molecular weight excluding hydrogens is 249 g/mol. The summed E-state index contributed by atoms with van der Waals surface area (Å²) in [5, 5.41) is 11.4. The van der Waals surface area contributed by atoms with Gasteiger partial charge in [0, 0.05) is 18.3 Å². The number of nitrogens with zero attached hydrogens (tertiary/aromatic N) is 2. The van der Waals surface area contributed by atoms with Gasteiger partial charge in [-0.25, -0.2) is 4.39 Å². The van der Waals surface area contributed by atoms with E-state index in [2.05, 4.69) is 10.1 Å². The Labute approximate surface area is 109 Å². The van der Waals surface area contributed by atoms with Gasteiger partial charge in [-0.1, -0.05) is 11.2 Å². The summed E-state index contributed by atoms with van der Waals surface area (Å²) in [5.74, 6) is 0.315. The maximum Gasteiger partial charge on any atom is 0.188 e. The highest BCUT2D eigenvalue weighted by Crippen LogP contribution is 2.25. The van der Waals surface area contributed by atoms with Crippen molar-refractivity contribution in [2.75, 3.05) is 0 Å². The van der Waals surface area contributed by atoms with E-state index in [1.807, 2.05) is 0 Å². The van der Waals surface area contributed by atoms with Gasteiger partial charge < -0.3 is 15.7 Å². The van der Waals surface area contributed by atoms with Crippen LogP contribution in [-0.2, 0) is 0 Å². The molecule has 19 heavy (non-hydrogen) atoms. The molecule has 2 aromatic rings. The van der Waals surface area contributed by atoms with E-state index >= 15 is 0 Å². The molecule has 3 N–H and O–H groups in total. The van der Waals surface area contributed by atoms with E-state index in [4.69, 9.17) is 15.7 Å². The largest absolute Gasteiger partial charge is 0.457 e. The zero-order valence-electron chi connectivity index (χ0n) is 10.2. The third-order valence-corrected chi connectivity index (χ3v) is 2.48. The van der Waals surface area contributed by atoms with Crippen molar-refractivity contribution in [1.29, 1.82) is 0 Å². The van der Waals surface area contributed by atoms with Crippen LogP contribution in [0.3, 0.4) is 0 Å². The number of amidine groups is 1. The highest BCUT2D eigenvalue weighted by Gasteiger charge is 2.06. The third kappa shape index (κ3) is 2.98. The van der Waals surface area contributed by atoms with Gasteiger partial charge in [-0.2, -0.15) is 0 Å². The van der Waals surface area contributed by atoms with Crippen molar-refractivity contribution < 1.29 is 14.3 Å². The van der Waals surface area contributed by atoms with Crippen LogP contribution in [-0.4, -0.2) is 16.0 Å². The van der Waals surface area contributed by atoms with Crippen LogP contribution in [0.2, 0.25) is 0 Å². The molecule has 98 valence electrons. The van der Waals surface area contributed by atoms with Crippen LogP contribution in [0.5, 0.6) is 11.5 Å². The summed E-state index contributed by atoms with van der Waals surface area (Å²) in [7, 11) is 0. The van der Waals surface area contributed by atoms with Gasteiger partial charge in [0.05, 0.1) is 0 Å². The number of aromatic nitrogens is 1. The number of aryl methyl sites for hydroxylation is 1. The maximum atomic E-state index is 13.1. The summed E-state index contributed by atoms with van der Waals surface area (Å²) in [4.78, 5) is 3.92. The van der Waals surface area contributed by atoms with E-state index in [1.165, 1.54) is 24.4 Å². The van der Waals surface area contributed by atoms with Gasteiger partial charge in [0.1, 0.15) is 23.0 Å². The Morgan fingerprint density at radius 1 is 1.37 bits per heavy atom. The minimum atomic E-state index is -0.383. The predicted molar refractivity (Wildman–Crippen MR) is 68.0 cm³/mol. The minimum absolute atomic E-state index is 0.124. The van der Waals surface area contributed by atoms with Gasteiger partial charge in [-0.3, -0.25) is 4.98 Å². The summed E-state index contributed by atoms with van der Waals surface area (Å²) in [5.41, 5.74) is 6.50. The molecule has 0 saturated heterocycles. The van der Waals surface area contributed by atoms with Crippen molar-refractivity contribution >= 4 is 5.84 Å². The lowest BCUT2D eigenvalue weighted by Gasteiger charge is -2.09. The van der Waals surface area contributed by atoms with Gasteiger partial charge in [0.2, 0.25) is 0 Å². The Morgan fingerprint density at radius 2 is 2.16 bits per heavy atom. The molecule has 0 radical (unpaired) electrons. The molecule has 0 aliphatic carbocycles. The van der Waals surface area contributed by atoms with E-state index in [0.717, 1.165) is 5.56 Å². The average molecular weight is 261 g/mol. The lowest BCUT2D eigenvalue weighted by molar-refractivity contribution is 0.318. The molecule has 2 rings (SSSR count). The molecule has 0 amide bonds. The molecular formula is C13H12FN3O2. The second kappa shape index (κ2) is 5.34. The molecule has 1 heterocycles. The van der Waals surface area contributed by atoms with Crippen molar-refractivity contribution in [2.24, 2.45) is 10.9 Å². The quantitative estimate of drug-likeness (QED) is 0.385. The van der Waals surface area contributed by atoms with Gasteiger partial charge in [0.25, 0.3) is 0 Å². The van der Waals surface area contributed by atoms with Crippen LogP contribution < -0.4 is 10.5 Å². The molecule has 1 aromatic heterocycles. The van der Waals surface area contributed by atoms with E-state index in [0.29, 0.717) is 11.5 Å². The Hall–Kier alpha value is -2.63. The van der Waals surface area contributed by atoms with Crippen molar-refractivity contribution in [3.8, 4) is 11.5 Å². The van der Waals surface area contributed by atoms with Gasteiger partial charge in [-0.05, 0) is 24.6 Å². The van der Waals surface area contributed by atoms with Crippen molar-refractivity contribution in [3.05, 3.63) is 53.6 Å². The van der Waals surface area contributed by atoms with E-state index in [-0.39, 0.29) is 17.3 Å². The average Bonchev–Trinajstić information content (AvgIpc) is 2.42. The summed E-state index contributed by atoms with van der Waals surface area (Å²) in [6.45, 7) is 1.81. The summed E-state index contributed by atoms with van der Waals surface area (Å²) < 4.78 is 18.7. The molecule has 0 bridgehead atoms. The molecule has 0 fully saturated rings. The van der Waals surface area contributed by atoms with E-state index in [1.54, 1.807) is 19.1 Å². The standard InChI is InChI=1S/C13H12FN3O2/c1-8-2-3-9(14)6-12(8)19-10-4-5-16-11(7-10)13(15)17-18/h2-7,18H,1H3,(H2,15,17). The van der Waals surface area contributed by atoms with Crippen molar-refractivity contribution in [3.63, 3.8) is 0 Å². The molecule has 0 spiro atoms. The van der Waals surface area contributed by atoms with Crippen LogP contribution in [0.4, 0.5) is 4.39 Å². The first kappa shape index (κ1) is 12.8. The number of oxime groups is 1. The monoisotopic (exact) mass is 261 g/mol. The zero-order valence-corrected chi connectivity index (χ0v) is 10.2. The summed E-state index contributed by atoms with van der Waals surface area (Å²) in [6.07, 6.45) is 1.46. The molecule has 0 unspecified atom stereocenters. The SMILES string of the molecule is Cc1ccc(F)cc1Oc1ccnc(/C(N)=N/O)c1. The molecule has 0 aliphatic heterocycles. The first-order valence-electron chi connectivity index (χ1n) is 5.48. The summed E-state index contributed by atoms with van der Waals surface area (Å²) in [6, 6.07) is 7.36. The molecule has 6 heteroatoms. The normalized spacial score (nSPS) is 11.4. The number of nitrogens with two attached hydrogens (primary N) is 1. The molecule has 5 nitrogen and oxygen atoms in total. The van der Waals surface area contributed by atoms with Crippen molar-refractivity contribution in [1.82, 2.24) is 4.98 Å². The number of hydrogen-bond donors (Lipinski definition) is 2. The van der Waals surface area contributed by atoms with Crippen LogP contribution in [0.1, 0.15) is 11.3 Å². The Balaban J connectivity index is 2.31.